The number of benzene rings is 1. The molecule has 0 saturated heterocycles. The molecule has 3 atom stereocenters. The number of allylic oxidation sites excluding steroid dienone is 1. The normalized spacial score (nSPS) is 29.1. The molecule has 0 spiro atoms. The number of nitriles is 2. The highest BCUT2D eigenvalue weighted by molar-refractivity contribution is 5.68. The molecule has 2 aliphatic carbocycles. The largest absolute Gasteiger partial charge is 0.460 e. The van der Waals surface area contributed by atoms with Gasteiger partial charge in [-0.25, -0.2) is 0 Å². The zero-order valence-electron chi connectivity index (χ0n) is 11.0. The van der Waals surface area contributed by atoms with Gasteiger partial charge in [-0.2, -0.15) is 10.5 Å². The van der Waals surface area contributed by atoms with Gasteiger partial charge in [-0.05, 0) is 16.7 Å². The van der Waals surface area contributed by atoms with Crippen LogP contribution in [0.1, 0.15) is 29.5 Å². The van der Waals surface area contributed by atoms with Gasteiger partial charge in [0.1, 0.15) is 11.5 Å². The topological polar surface area (TPSA) is 73.9 Å². The van der Waals surface area contributed by atoms with Crippen LogP contribution in [-0.4, -0.2) is 12.1 Å². The van der Waals surface area contributed by atoms with Crippen LogP contribution in [0.2, 0.25) is 0 Å². The summed E-state index contributed by atoms with van der Waals surface area (Å²) in [4.78, 5) is 11.3. The van der Waals surface area contributed by atoms with E-state index in [-0.39, 0.29) is 5.92 Å². The van der Waals surface area contributed by atoms with Gasteiger partial charge in [0.2, 0.25) is 0 Å². The van der Waals surface area contributed by atoms with E-state index in [1.165, 1.54) is 6.92 Å². The summed E-state index contributed by atoms with van der Waals surface area (Å²) >= 11 is 0. The van der Waals surface area contributed by atoms with E-state index in [9.17, 15) is 15.3 Å². The highest BCUT2D eigenvalue weighted by Crippen LogP contribution is 2.48. The second kappa shape index (κ2) is 4.21. The van der Waals surface area contributed by atoms with Crippen molar-refractivity contribution in [2.24, 2.45) is 0 Å². The zero-order valence-corrected chi connectivity index (χ0v) is 11.0. The van der Waals surface area contributed by atoms with Gasteiger partial charge in [0.25, 0.3) is 0 Å². The molecule has 4 nitrogen and oxygen atoms in total. The van der Waals surface area contributed by atoms with Crippen LogP contribution in [0.4, 0.5) is 0 Å². The Bertz CT molecular complexity index is 708. The third-order valence-electron chi connectivity index (χ3n) is 4.03. The van der Waals surface area contributed by atoms with Gasteiger partial charge in [0, 0.05) is 13.3 Å². The summed E-state index contributed by atoms with van der Waals surface area (Å²) in [5.74, 6) is -0.739. The van der Waals surface area contributed by atoms with Crippen molar-refractivity contribution in [3.8, 4) is 12.1 Å². The lowest BCUT2D eigenvalue weighted by atomic mass is 9.72. The fourth-order valence-electron chi connectivity index (χ4n) is 3.23. The van der Waals surface area contributed by atoms with Gasteiger partial charge >= 0.3 is 5.97 Å². The van der Waals surface area contributed by atoms with Gasteiger partial charge < -0.3 is 4.74 Å². The first-order valence-electron chi connectivity index (χ1n) is 6.42. The number of ether oxygens (including phenoxy) is 1. The van der Waals surface area contributed by atoms with E-state index in [2.05, 4.69) is 12.1 Å². The minimum atomic E-state index is -0.953. The molecule has 0 bridgehead atoms. The Kier molecular flexibility index (Phi) is 2.62. The summed E-state index contributed by atoms with van der Waals surface area (Å²) in [5.41, 5.74) is 1.73. The standard InChI is InChI=1S/C16H12N2O2/c1-10(19)20-14-7-11-3-2-4-13-12(8-17)5-6-16(14,9-18)15(11)13/h2-6,12,14H,7H2,1H3/t12-,14+,16-/m0/s1. The van der Waals surface area contributed by atoms with Crippen molar-refractivity contribution in [1.82, 2.24) is 0 Å². The van der Waals surface area contributed by atoms with Crippen molar-refractivity contribution in [3.05, 3.63) is 47.0 Å². The van der Waals surface area contributed by atoms with Crippen molar-refractivity contribution in [1.29, 1.82) is 10.5 Å². The van der Waals surface area contributed by atoms with Crippen LogP contribution >= 0.6 is 0 Å². The Balaban J connectivity index is 2.22. The van der Waals surface area contributed by atoms with E-state index in [0.29, 0.717) is 6.42 Å². The van der Waals surface area contributed by atoms with E-state index in [1.807, 2.05) is 18.2 Å². The highest BCUT2D eigenvalue weighted by Gasteiger charge is 2.51. The molecule has 20 heavy (non-hydrogen) atoms. The molecule has 0 aliphatic heterocycles. The number of esters is 1. The summed E-state index contributed by atoms with van der Waals surface area (Å²) in [6.07, 6.45) is 3.46. The van der Waals surface area contributed by atoms with E-state index in [1.54, 1.807) is 12.2 Å². The number of nitrogens with zero attached hydrogens (tertiary/aromatic N) is 2. The molecule has 0 amide bonds. The second-order valence-corrected chi connectivity index (χ2v) is 5.13. The molecular weight excluding hydrogens is 252 g/mol. The van der Waals surface area contributed by atoms with Gasteiger partial charge in [0.15, 0.2) is 0 Å². The Labute approximate surface area is 116 Å². The van der Waals surface area contributed by atoms with E-state index in [4.69, 9.17) is 4.74 Å². The summed E-state index contributed by atoms with van der Waals surface area (Å²) in [6, 6.07) is 10.2. The summed E-state index contributed by atoms with van der Waals surface area (Å²) < 4.78 is 5.35. The monoisotopic (exact) mass is 264 g/mol. The average molecular weight is 264 g/mol. The van der Waals surface area contributed by atoms with E-state index in [0.717, 1.165) is 16.7 Å². The molecular formula is C16H12N2O2. The first-order valence-corrected chi connectivity index (χ1v) is 6.42. The van der Waals surface area contributed by atoms with Gasteiger partial charge in [0.05, 0.1) is 18.1 Å². The smallest absolute Gasteiger partial charge is 0.302 e. The SMILES string of the molecule is CC(=O)O[C@@H]1Cc2cccc3c2[C@]1(C#N)C=C[C@H]3C#N. The predicted octanol–water partition coefficient (Wildman–Crippen LogP) is 2.11. The molecule has 0 aromatic heterocycles. The lowest BCUT2D eigenvalue weighted by Gasteiger charge is -2.31. The van der Waals surface area contributed by atoms with Gasteiger partial charge in [-0.15, -0.1) is 0 Å². The average Bonchev–Trinajstić information content (AvgIpc) is 2.75. The molecule has 0 N–H and O–H groups in total. The predicted molar refractivity (Wildman–Crippen MR) is 70.5 cm³/mol. The molecule has 0 heterocycles. The first kappa shape index (κ1) is 12.4. The molecule has 1 aromatic rings. The minimum Gasteiger partial charge on any atom is -0.460 e. The van der Waals surface area contributed by atoms with Crippen LogP contribution in [0.5, 0.6) is 0 Å². The van der Waals surface area contributed by atoms with Crippen molar-refractivity contribution in [2.75, 3.05) is 0 Å². The minimum absolute atomic E-state index is 0.345. The summed E-state index contributed by atoms with van der Waals surface area (Å²) in [6.45, 7) is 1.35. The molecule has 1 aromatic carbocycles. The molecule has 3 rings (SSSR count). The Morgan fingerprint density at radius 3 is 2.90 bits per heavy atom. The van der Waals surface area contributed by atoms with Crippen molar-refractivity contribution in [3.63, 3.8) is 0 Å². The second-order valence-electron chi connectivity index (χ2n) is 5.13. The maximum absolute atomic E-state index is 11.3. The number of rotatable bonds is 1. The fraction of sp³-hybridized carbons (Fsp3) is 0.312. The molecule has 0 radical (unpaired) electrons. The molecule has 0 saturated carbocycles. The van der Waals surface area contributed by atoms with E-state index >= 15 is 0 Å². The number of carbonyl (C=O) groups excluding carboxylic acids is 1. The molecule has 0 fully saturated rings. The maximum Gasteiger partial charge on any atom is 0.302 e. The fourth-order valence-corrected chi connectivity index (χ4v) is 3.23. The van der Waals surface area contributed by atoms with Crippen molar-refractivity contribution in [2.45, 2.75) is 30.8 Å². The maximum atomic E-state index is 11.3. The Morgan fingerprint density at radius 2 is 2.25 bits per heavy atom. The number of hydrogen-bond acceptors (Lipinski definition) is 4. The third-order valence-corrected chi connectivity index (χ3v) is 4.03. The number of carbonyl (C=O) groups is 1. The number of hydrogen-bond donors (Lipinski definition) is 0. The van der Waals surface area contributed by atoms with Gasteiger partial charge in [-0.3, -0.25) is 4.79 Å². The Morgan fingerprint density at radius 1 is 1.45 bits per heavy atom. The third kappa shape index (κ3) is 1.49. The first-order chi connectivity index (χ1) is 9.62. The van der Waals surface area contributed by atoms with Crippen LogP contribution in [0.15, 0.2) is 30.4 Å². The van der Waals surface area contributed by atoms with Crippen molar-refractivity contribution >= 4 is 5.97 Å². The zero-order chi connectivity index (χ0) is 14.3. The lowest BCUT2D eigenvalue weighted by molar-refractivity contribution is -0.147. The highest BCUT2D eigenvalue weighted by atomic mass is 16.5. The van der Waals surface area contributed by atoms with Crippen LogP contribution < -0.4 is 0 Å². The summed E-state index contributed by atoms with van der Waals surface area (Å²) in [7, 11) is 0. The van der Waals surface area contributed by atoms with Crippen LogP contribution in [0.25, 0.3) is 0 Å². The van der Waals surface area contributed by atoms with E-state index < -0.39 is 17.5 Å². The quantitative estimate of drug-likeness (QED) is 0.575. The van der Waals surface area contributed by atoms with Gasteiger partial charge in [-0.1, -0.05) is 30.4 Å². The van der Waals surface area contributed by atoms with Crippen LogP contribution in [-0.2, 0) is 21.4 Å². The Hall–Kier alpha value is -2.59. The lowest BCUT2D eigenvalue weighted by Crippen LogP contribution is -2.38. The van der Waals surface area contributed by atoms with Crippen LogP contribution in [0.3, 0.4) is 0 Å². The molecule has 98 valence electrons. The van der Waals surface area contributed by atoms with Crippen molar-refractivity contribution < 1.29 is 9.53 Å². The summed E-state index contributed by atoms with van der Waals surface area (Å²) in [5, 5.41) is 18.9. The molecule has 4 heteroatoms. The molecule has 2 aliphatic rings. The molecule has 0 unspecified atom stereocenters. The van der Waals surface area contributed by atoms with Crippen LogP contribution in [0, 0.1) is 22.7 Å².